The van der Waals surface area contributed by atoms with Crippen LogP contribution >= 0.6 is 22.9 Å². The molecule has 2 heterocycles. The molecule has 5 fully saturated rings. The van der Waals surface area contributed by atoms with Crippen molar-refractivity contribution in [2.24, 2.45) is 23.2 Å². The first-order valence-electron chi connectivity index (χ1n) is 11.8. The molecule has 31 heavy (non-hydrogen) atoms. The smallest absolute Gasteiger partial charge is 0.235 e. The third-order valence-corrected chi connectivity index (χ3v) is 9.33. The molecule has 5 nitrogen and oxygen atoms in total. The van der Waals surface area contributed by atoms with Crippen LogP contribution in [0, 0.1) is 23.2 Å². The molecule has 0 unspecified atom stereocenters. The second-order valence-electron chi connectivity index (χ2n) is 10.2. The lowest BCUT2D eigenvalue weighted by Crippen LogP contribution is -2.56. The first-order valence-corrected chi connectivity index (χ1v) is 13.0. The minimum atomic E-state index is -0.157. The number of morpholine rings is 1. The molecular weight excluding hydrogens is 430 g/mol. The van der Waals surface area contributed by atoms with Gasteiger partial charge in [0.15, 0.2) is 5.13 Å². The molecule has 2 aromatic rings. The van der Waals surface area contributed by atoms with Gasteiger partial charge in [0.05, 0.1) is 28.8 Å². The summed E-state index contributed by atoms with van der Waals surface area (Å²) in [4.78, 5) is 23.6. The number of hydrogen-bond donors (Lipinski definition) is 0. The normalized spacial score (nSPS) is 32.6. The van der Waals surface area contributed by atoms with Crippen LogP contribution in [0.3, 0.4) is 0 Å². The van der Waals surface area contributed by atoms with Crippen LogP contribution in [0.1, 0.15) is 38.5 Å². The highest BCUT2D eigenvalue weighted by molar-refractivity contribution is 7.22. The fourth-order valence-electron chi connectivity index (χ4n) is 7.01. The van der Waals surface area contributed by atoms with Crippen molar-refractivity contribution in [1.29, 1.82) is 0 Å². The van der Waals surface area contributed by atoms with Gasteiger partial charge >= 0.3 is 0 Å². The minimum Gasteiger partial charge on any atom is -0.379 e. The third kappa shape index (κ3) is 3.79. The Morgan fingerprint density at radius 2 is 1.84 bits per heavy atom. The number of aromatic nitrogens is 1. The summed E-state index contributed by atoms with van der Waals surface area (Å²) < 4.78 is 6.56. The maximum absolute atomic E-state index is 14.2. The molecule has 4 bridgehead atoms. The second-order valence-corrected chi connectivity index (χ2v) is 11.7. The average Bonchev–Trinajstić information content (AvgIpc) is 3.16. The highest BCUT2D eigenvalue weighted by Crippen LogP contribution is 2.60. The summed E-state index contributed by atoms with van der Waals surface area (Å²) in [5.74, 6) is 2.60. The predicted molar refractivity (Wildman–Crippen MR) is 125 cm³/mol. The molecule has 4 saturated carbocycles. The van der Waals surface area contributed by atoms with E-state index in [2.05, 4.69) is 4.90 Å². The standard InChI is InChI=1S/C24H30ClN3O2S/c25-19-1-2-20-21(12-19)31-23(26-20)28(4-3-27-5-7-30-8-6-27)22(29)24-13-16-9-17(14-24)11-18(10-16)15-24/h1-2,12,16-18H,3-11,13-15H2. The highest BCUT2D eigenvalue weighted by Gasteiger charge is 2.56. The van der Waals surface area contributed by atoms with Gasteiger partial charge in [-0.05, 0) is 74.5 Å². The number of fused-ring (bicyclic) bond motifs is 1. The first-order chi connectivity index (χ1) is 15.1. The largest absolute Gasteiger partial charge is 0.379 e. The number of halogens is 1. The van der Waals surface area contributed by atoms with Crippen molar-refractivity contribution < 1.29 is 9.53 Å². The lowest BCUT2D eigenvalue weighted by molar-refractivity contribution is -0.143. The lowest BCUT2D eigenvalue weighted by atomic mass is 9.49. The van der Waals surface area contributed by atoms with E-state index in [1.165, 1.54) is 19.3 Å². The zero-order chi connectivity index (χ0) is 21.0. The summed E-state index contributed by atoms with van der Waals surface area (Å²) in [6.07, 6.45) is 7.30. The predicted octanol–water partition coefficient (Wildman–Crippen LogP) is 4.83. The van der Waals surface area contributed by atoms with Gasteiger partial charge in [-0.25, -0.2) is 4.98 Å². The van der Waals surface area contributed by atoms with Gasteiger partial charge in [0, 0.05) is 31.2 Å². The van der Waals surface area contributed by atoms with Crippen molar-refractivity contribution in [2.45, 2.75) is 38.5 Å². The van der Waals surface area contributed by atoms with Crippen LogP contribution in [0.15, 0.2) is 18.2 Å². The Hall–Kier alpha value is -1.21. The SMILES string of the molecule is O=C(N(CCN1CCOCC1)c1nc2ccc(Cl)cc2s1)C12CC3CC(CC(C3)C1)C2. The fraction of sp³-hybridized carbons (Fsp3) is 0.667. The Balaban J connectivity index is 1.31. The highest BCUT2D eigenvalue weighted by atomic mass is 35.5. The van der Waals surface area contributed by atoms with Gasteiger partial charge in [-0.1, -0.05) is 22.9 Å². The van der Waals surface area contributed by atoms with E-state index in [0.29, 0.717) is 12.5 Å². The van der Waals surface area contributed by atoms with Crippen molar-refractivity contribution in [3.05, 3.63) is 23.2 Å². The van der Waals surface area contributed by atoms with Crippen molar-refractivity contribution in [1.82, 2.24) is 9.88 Å². The third-order valence-electron chi connectivity index (χ3n) is 8.05. The molecule has 166 valence electrons. The van der Waals surface area contributed by atoms with E-state index in [-0.39, 0.29) is 5.41 Å². The van der Waals surface area contributed by atoms with Gasteiger partial charge in [0.2, 0.25) is 5.91 Å². The maximum Gasteiger partial charge on any atom is 0.235 e. The number of ether oxygens (including phenoxy) is 1. The molecule has 1 saturated heterocycles. The van der Waals surface area contributed by atoms with E-state index in [1.807, 2.05) is 23.1 Å². The van der Waals surface area contributed by atoms with Gasteiger partial charge in [0.25, 0.3) is 0 Å². The number of hydrogen-bond acceptors (Lipinski definition) is 5. The molecule has 4 aliphatic carbocycles. The molecule has 1 aromatic carbocycles. The quantitative estimate of drug-likeness (QED) is 0.642. The van der Waals surface area contributed by atoms with Crippen molar-refractivity contribution in [3.63, 3.8) is 0 Å². The Bertz CT molecular complexity index is 951. The molecule has 1 amide bonds. The zero-order valence-corrected chi connectivity index (χ0v) is 19.5. The number of carbonyl (C=O) groups is 1. The summed E-state index contributed by atoms with van der Waals surface area (Å²) in [6, 6.07) is 5.81. The van der Waals surface area contributed by atoms with E-state index in [4.69, 9.17) is 21.3 Å². The molecule has 7 rings (SSSR count). The summed E-state index contributed by atoms with van der Waals surface area (Å²) in [6.45, 7) is 5.01. The average molecular weight is 460 g/mol. The van der Waals surface area contributed by atoms with Crippen LogP contribution in [-0.4, -0.2) is 55.2 Å². The van der Waals surface area contributed by atoms with Gasteiger partial charge in [-0.2, -0.15) is 0 Å². The van der Waals surface area contributed by atoms with Crippen LogP contribution in [0.5, 0.6) is 0 Å². The molecule has 0 atom stereocenters. The Labute approximate surface area is 192 Å². The molecule has 7 heteroatoms. The molecule has 0 spiro atoms. The zero-order valence-electron chi connectivity index (χ0n) is 17.9. The first kappa shape index (κ1) is 20.4. The summed E-state index contributed by atoms with van der Waals surface area (Å²) in [5.41, 5.74) is 0.772. The van der Waals surface area contributed by atoms with E-state index in [9.17, 15) is 4.79 Å². The maximum atomic E-state index is 14.2. The van der Waals surface area contributed by atoms with E-state index < -0.39 is 0 Å². The minimum absolute atomic E-state index is 0.157. The van der Waals surface area contributed by atoms with E-state index in [1.54, 1.807) is 11.3 Å². The van der Waals surface area contributed by atoms with Gasteiger partial charge < -0.3 is 4.74 Å². The van der Waals surface area contributed by atoms with Crippen molar-refractivity contribution >= 4 is 44.2 Å². The number of carbonyl (C=O) groups excluding carboxylic acids is 1. The number of nitrogens with zero attached hydrogens (tertiary/aromatic N) is 3. The monoisotopic (exact) mass is 459 g/mol. The Morgan fingerprint density at radius 1 is 1.16 bits per heavy atom. The Morgan fingerprint density at radius 3 is 2.52 bits per heavy atom. The molecule has 5 aliphatic rings. The van der Waals surface area contributed by atoms with Crippen LogP contribution in [0.2, 0.25) is 5.02 Å². The number of benzene rings is 1. The molecule has 0 radical (unpaired) electrons. The number of amides is 1. The number of anilines is 1. The van der Waals surface area contributed by atoms with Gasteiger partial charge in [-0.3, -0.25) is 14.6 Å². The lowest BCUT2D eigenvalue weighted by Gasteiger charge is -2.56. The summed E-state index contributed by atoms with van der Waals surface area (Å²) >= 11 is 7.83. The van der Waals surface area contributed by atoms with Crippen LogP contribution in [0.4, 0.5) is 5.13 Å². The summed E-state index contributed by atoms with van der Waals surface area (Å²) in [7, 11) is 0. The van der Waals surface area contributed by atoms with E-state index >= 15 is 0 Å². The number of thiazole rings is 1. The van der Waals surface area contributed by atoms with Crippen LogP contribution in [-0.2, 0) is 9.53 Å². The summed E-state index contributed by atoms with van der Waals surface area (Å²) in [5, 5.41) is 1.56. The molecular formula is C24H30ClN3O2S. The fourth-order valence-corrected chi connectivity index (χ4v) is 8.28. The van der Waals surface area contributed by atoms with Crippen molar-refractivity contribution in [2.75, 3.05) is 44.3 Å². The van der Waals surface area contributed by atoms with Crippen molar-refractivity contribution in [3.8, 4) is 0 Å². The molecule has 1 aromatic heterocycles. The topological polar surface area (TPSA) is 45.7 Å². The number of rotatable bonds is 5. The Kier molecular flexibility index (Phi) is 5.25. The second kappa shape index (κ2) is 7.98. The van der Waals surface area contributed by atoms with Gasteiger partial charge in [0.1, 0.15) is 0 Å². The molecule has 0 N–H and O–H groups in total. The van der Waals surface area contributed by atoms with Crippen LogP contribution in [0.25, 0.3) is 10.2 Å². The van der Waals surface area contributed by atoms with Gasteiger partial charge in [-0.15, -0.1) is 0 Å². The van der Waals surface area contributed by atoms with E-state index in [0.717, 1.165) is 90.2 Å². The van der Waals surface area contributed by atoms with Crippen LogP contribution < -0.4 is 4.90 Å². The molecule has 1 aliphatic heterocycles.